The molecule has 18 heavy (non-hydrogen) atoms. The number of aromatic amines is 1. The SMILES string of the molecule is CC1CN(C(=O)c2ccc(=O)[nH]c2)C(C)CN1.Cl. The normalized spacial score (nSPS) is 23.3. The number of hydrogen-bond acceptors (Lipinski definition) is 3. The number of carbonyl (C=O) groups is 1. The van der Waals surface area contributed by atoms with Crippen LogP contribution in [-0.2, 0) is 0 Å². The number of H-pyrrole nitrogens is 1. The zero-order valence-electron chi connectivity index (χ0n) is 10.5. The lowest BCUT2D eigenvalue weighted by Crippen LogP contribution is -2.56. The first kappa shape index (κ1) is 14.7. The van der Waals surface area contributed by atoms with Crippen LogP contribution in [-0.4, -0.2) is 41.0 Å². The molecule has 1 saturated heterocycles. The number of rotatable bonds is 1. The fraction of sp³-hybridized carbons (Fsp3) is 0.500. The van der Waals surface area contributed by atoms with Gasteiger partial charge in [-0.3, -0.25) is 9.59 Å². The standard InChI is InChI=1S/C12H17N3O2.ClH/c1-8-7-15(9(2)5-13-8)12(17)10-3-4-11(16)14-6-10;/h3-4,6,8-9,13H,5,7H2,1-2H3,(H,14,16);1H. The van der Waals surface area contributed by atoms with Gasteiger partial charge in [0.15, 0.2) is 0 Å². The van der Waals surface area contributed by atoms with Gasteiger partial charge in [-0.15, -0.1) is 12.4 Å². The third-order valence-electron chi connectivity index (χ3n) is 3.06. The minimum atomic E-state index is -0.191. The molecule has 0 saturated carbocycles. The highest BCUT2D eigenvalue weighted by molar-refractivity contribution is 5.94. The minimum Gasteiger partial charge on any atom is -0.333 e. The molecule has 2 N–H and O–H groups in total. The second-order valence-corrected chi connectivity index (χ2v) is 4.56. The molecule has 2 atom stereocenters. The van der Waals surface area contributed by atoms with Crippen molar-refractivity contribution in [1.29, 1.82) is 0 Å². The van der Waals surface area contributed by atoms with Crippen molar-refractivity contribution >= 4 is 18.3 Å². The van der Waals surface area contributed by atoms with Crippen LogP contribution in [0.1, 0.15) is 24.2 Å². The maximum absolute atomic E-state index is 12.2. The predicted molar refractivity (Wildman–Crippen MR) is 72.3 cm³/mol. The molecule has 0 aromatic carbocycles. The van der Waals surface area contributed by atoms with Gasteiger partial charge in [0.2, 0.25) is 5.56 Å². The van der Waals surface area contributed by atoms with E-state index >= 15 is 0 Å². The number of pyridine rings is 1. The smallest absolute Gasteiger partial charge is 0.255 e. The van der Waals surface area contributed by atoms with Crippen LogP contribution in [0.15, 0.2) is 23.1 Å². The molecule has 0 radical (unpaired) electrons. The molecule has 0 bridgehead atoms. The van der Waals surface area contributed by atoms with Gasteiger partial charge in [0.25, 0.3) is 5.91 Å². The highest BCUT2D eigenvalue weighted by Gasteiger charge is 2.27. The van der Waals surface area contributed by atoms with Crippen LogP contribution in [0.2, 0.25) is 0 Å². The maximum atomic E-state index is 12.2. The molecule has 2 rings (SSSR count). The Morgan fingerprint density at radius 2 is 2.11 bits per heavy atom. The van der Waals surface area contributed by atoms with Gasteiger partial charge in [-0.25, -0.2) is 0 Å². The molecule has 1 aromatic heterocycles. The van der Waals surface area contributed by atoms with Crippen molar-refractivity contribution in [3.05, 3.63) is 34.2 Å². The summed E-state index contributed by atoms with van der Waals surface area (Å²) in [6, 6.07) is 3.42. The maximum Gasteiger partial charge on any atom is 0.255 e. The number of aromatic nitrogens is 1. The van der Waals surface area contributed by atoms with Crippen LogP contribution in [0.25, 0.3) is 0 Å². The van der Waals surface area contributed by atoms with Crippen LogP contribution in [0, 0.1) is 0 Å². The predicted octanol–water partition coefficient (Wildman–Crippen LogP) is 0.619. The van der Waals surface area contributed by atoms with E-state index in [9.17, 15) is 9.59 Å². The van der Waals surface area contributed by atoms with Crippen LogP contribution < -0.4 is 10.9 Å². The second kappa shape index (κ2) is 6.02. The summed E-state index contributed by atoms with van der Waals surface area (Å²) in [5.41, 5.74) is 0.342. The molecule has 0 aliphatic carbocycles. The molecule has 100 valence electrons. The van der Waals surface area contributed by atoms with Gasteiger partial charge in [0.1, 0.15) is 0 Å². The molecule has 5 nitrogen and oxygen atoms in total. The molecule has 2 heterocycles. The molecular weight excluding hydrogens is 254 g/mol. The van der Waals surface area contributed by atoms with Gasteiger partial charge in [-0.1, -0.05) is 0 Å². The highest BCUT2D eigenvalue weighted by Crippen LogP contribution is 2.11. The molecule has 6 heteroatoms. The summed E-state index contributed by atoms with van der Waals surface area (Å²) in [7, 11) is 0. The second-order valence-electron chi connectivity index (χ2n) is 4.56. The van der Waals surface area contributed by atoms with E-state index in [0.717, 1.165) is 6.54 Å². The summed E-state index contributed by atoms with van der Waals surface area (Å²) in [5, 5.41) is 3.33. The number of nitrogens with one attached hydrogen (secondary N) is 2. The summed E-state index contributed by atoms with van der Waals surface area (Å²) in [5.74, 6) is -0.0258. The van der Waals surface area contributed by atoms with Gasteiger partial charge < -0.3 is 15.2 Å². The summed E-state index contributed by atoms with van der Waals surface area (Å²) in [6.07, 6.45) is 1.48. The number of piperazine rings is 1. The zero-order valence-corrected chi connectivity index (χ0v) is 11.3. The quantitative estimate of drug-likeness (QED) is 0.787. The number of carbonyl (C=O) groups excluding carboxylic acids is 1. The summed E-state index contributed by atoms with van der Waals surface area (Å²) < 4.78 is 0. The Balaban J connectivity index is 0.00000162. The molecule has 1 aliphatic rings. The van der Waals surface area contributed by atoms with E-state index < -0.39 is 0 Å². The average molecular weight is 272 g/mol. The Morgan fingerprint density at radius 3 is 2.72 bits per heavy atom. The lowest BCUT2D eigenvalue weighted by molar-refractivity contribution is 0.0616. The van der Waals surface area contributed by atoms with Crippen molar-refractivity contribution in [2.24, 2.45) is 0 Å². The Morgan fingerprint density at radius 1 is 1.39 bits per heavy atom. The van der Waals surface area contributed by atoms with E-state index in [1.807, 2.05) is 11.8 Å². The molecule has 2 unspecified atom stereocenters. The highest BCUT2D eigenvalue weighted by atomic mass is 35.5. The first-order valence-electron chi connectivity index (χ1n) is 5.81. The van der Waals surface area contributed by atoms with Crippen LogP contribution >= 0.6 is 12.4 Å². The third kappa shape index (κ3) is 3.11. The van der Waals surface area contributed by atoms with E-state index in [0.29, 0.717) is 18.2 Å². The van der Waals surface area contributed by atoms with Crippen molar-refractivity contribution in [3.63, 3.8) is 0 Å². The number of halogens is 1. The van der Waals surface area contributed by atoms with E-state index in [2.05, 4.69) is 17.2 Å². The Kier molecular flexibility index (Phi) is 4.93. The fourth-order valence-corrected chi connectivity index (χ4v) is 2.01. The number of hydrogen-bond donors (Lipinski definition) is 2. The van der Waals surface area contributed by atoms with Gasteiger partial charge in [0.05, 0.1) is 5.56 Å². The molecule has 0 spiro atoms. The van der Waals surface area contributed by atoms with Gasteiger partial charge in [-0.05, 0) is 19.9 Å². The van der Waals surface area contributed by atoms with Gasteiger partial charge >= 0.3 is 0 Å². The lowest BCUT2D eigenvalue weighted by atomic mass is 10.1. The fourth-order valence-electron chi connectivity index (χ4n) is 2.01. The van der Waals surface area contributed by atoms with Gasteiger partial charge in [0, 0.05) is 37.4 Å². The largest absolute Gasteiger partial charge is 0.333 e. The third-order valence-corrected chi connectivity index (χ3v) is 3.06. The Bertz CT molecular complexity index is 454. The van der Waals surface area contributed by atoms with Crippen LogP contribution in [0.3, 0.4) is 0 Å². The Labute approximate surface area is 112 Å². The van der Waals surface area contributed by atoms with Gasteiger partial charge in [-0.2, -0.15) is 0 Å². The minimum absolute atomic E-state index is 0. The first-order valence-corrected chi connectivity index (χ1v) is 5.81. The Hall–Kier alpha value is -1.33. The molecule has 1 aromatic rings. The summed E-state index contributed by atoms with van der Waals surface area (Å²) >= 11 is 0. The number of nitrogens with zero attached hydrogens (tertiary/aromatic N) is 1. The zero-order chi connectivity index (χ0) is 12.4. The lowest BCUT2D eigenvalue weighted by Gasteiger charge is -2.37. The van der Waals surface area contributed by atoms with E-state index in [1.165, 1.54) is 12.3 Å². The van der Waals surface area contributed by atoms with Crippen molar-refractivity contribution < 1.29 is 4.79 Å². The first-order chi connectivity index (χ1) is 8.08. The monoisotopic (exact) mass is 271 g/mol. The summed E-state index contributed by atoms with van der Waals surface area (Å²) in [6.45, 7) is 5.57. The number of amides is 1. The van der Waals surface area contributed by atoms with Crippen molar-refractivity contribution in [2.45, 2.75) is 25.9 Å². The van der Waals surface area contributed by atoms with Crippen molar-refractivity contribution in [2.75, 3.05) is 13.1 Å². The van der Waals surface area contributed by atoms with E-state index in [4.69, 9.17) is 0 Å². The molecule has 1 fully saturated rings. The van der Waals surface area contributed by atoms with Crippen LogP contribution in [0.4, 0.5) is 0 Å². The summed E-state index contributed by atoms with van der Waals surface area (Å²) in [4.78, 5) is 27.6. The van der Waals surface area contributed by atoms with Crippen molar-refractivity contribution in [1.82, 2.24) is 15.2 Å². The molecule has 1 amide bonds. The van der Waals surface area contributed by atoms with E-state index in [-0.39, 0.29) is 29.9 Å². The topological polar surface area (TPSA) is 65.2 Å². The van der Waals surface area contributed by atoms with Crippen molar-refractivity contribution in [3.8, 4) is 0 Å². The average Bonchev–Trinajstić information content (AvgIpc) is 2.32. The molecular formula is C12H18ClN3O2. The van der Waals surface area contributed by atoms with E-state index in [1.54, 1.807) is 6.07 Å². The molecule has 1 aliphatic heterocycles. The van der Waals surface area contributed by atoms with Crippen LogP contribution in [0.5, 0.6) is 0 Å².